The fourth-order valence-electron chi connectivity index (χ4n) is 3.24. The number of ether oxygens (including phenoxy) is 2. The molecule has 1 heterocycles. The zero-order valence-electron chi connectivity index (χ0n) is 10.2. The summed E-state index contributed by atoms with van der Waals surface area (Å²) in [6.45, 7) is 5.80. The van der Waals surface area contributed by atoms with Crippen LogP contribution < -0.4 is 0 Å². The lowest BCUT2D eigenvalue weighted by Gasteiger charge is -2.35. The molecule has 94 valence electrons. The molecule has 4 nitrogen and oxygen atoms in total. The van der Waals surface area contributed by atoms with E-state index in [9.17, 15) is 9.59 Å². The molecule has 2 atom stereocenters. The first-order valence-electron chi connectivity index (χ1n) is 6.10. The zero-order valence-corrected chi connectivity index (χ0v) is 10.2. The summed E-state index contributed by atoms with van der Waals surface area (Å²) in [6.07, 6.45) is 4.68. The Morgan fingerprint density at radius 2 is 2.35 bits per heavy atom. The second-order valence-corrected chi connectivity index (χ2v) is 4.79. The van der Waals surface area contributed by atoms with Crippen molar-refractivity contribution in [3.8, 4) is 0 Å². The first-order chi connectivity index (χ1) is 8.10. The van der Waals surface area contributed by atoms with E-state index >= 15 is 0 Å². The van der Waals surface area contributed by atoms with Crippen molar-refractivity contribution in [2.75, 3.05) is 6.61 Å². The van der Waals surface area contributed by atoms with Crippen LogP contribution in [0.3, 0.4) is 0 Å². The lowest BCUT2D eigenvalue weighted by molar-refractivity contribution is -0.166. The number of rotatable bonds is 4. The molecule has 0 aromatic rings. The van der Waals surface area contributed by atoms with E-state index < -0.39 is 11.0 Å². The van der Waals surface area contributed by atoms with Crippen LogP contribution in [0.1, 0.15) is 39.0 Å². The van der Waals surface area contributed by atoms with E-state index in [1.54, 1.807) is 13.0 Å². The molecule has 0 aromatic heterocycles. The van der Waals surface area contributed by atoms with Gasteiger partial charge in [-0.1, -0.05) is 6.08 Å². The largest absolute Gasteiger partial charge is 0.465 e. The summed E-state index contributed by atoms with van der Waals surface area (Å²) in [7, 11) is 0. The summed E-state index contributed by atoms with van der Waals surface area (Å²) in [5.41, 5.74) is -1.47. The highest BCUT2D eigenvalue weighted by molar-refractivity contribution is 5.89. The van der Waals surface area contributed by atoms with Crippen LogP contribution in [0.4, 0.5) is 0 Å². The van der Waals surface area contributed by atoms with E-state index in [1.165, 1.54) is 0 Å². The van der Waals surface area contributed by atoms with Gasteiger partial charge in [-0.15, -0.1) is 6.58 Å². The van der Waals surface area contributed by atoms with Crippen LogP contribution >= 0.6 is 0 Å². The van der Waals surface area contributed by atoms with Crippen LogP contribution in [0.15, 0.2) is 12.7 Å². The monoisotopic (exact) mass is 238 g/mol. The highest BCUT2D eigenvalue weighted by atomic mass is 16.6. The maximum Gasteiger partial charge on any atom is 0.316 e. The van der Waals surface area contributed by atoms with Gasteiger partial charge in [-0.3, -0.25) is 9.59 Å². The van der Waals surface area contributed by atoms with E-state index in [4.69, 9.17) is 9.47 Å². The summed E-state index contributed by atoms with van der Waals surface area (Å²) < 4.78 is 10.6. The molecule has 2 rings (SSSR count). The molecule has 0 amide bonds. The van der Waals surface area contributed by atoms with Gasteiger partial charge in [0, 0.05) is 6.42 Å². The summed E-state index contributed by atoms with van der Waals surface area (Å²) in [4.78, 5) is 23.8. The normalized spacial score (nSPS) is 35.2. The second-order valence-electron chi connectivity index (χ2n) is 4.79. The highest BCUT2D eigenvalue weighted by Crippen LogP contribution is 2.58. The smallest absolute Gasteiger partial charge is 0.316 e. The highest BCUT2D eigenvalue weighted by Gasteiger charge is 2.67. The Balaban J connectivity index is 2.36. The fourth-order valence-corrected chi connectivity index (χ4v) is 3.24. The molecule has 0 unspecified atom stereocenters. The molecule has 1 saturated carbocycles. The predicted octanol–water partition coefficient (Wildman–Crippen LogP) is 1.98. The first kappa shape index (κ1) is 12.1. The van der Waals surface area contributed by atoms with Gasteiger partial charge in [-0.25, -0.2) is 0 Å². The van der Waals surface area contributed by atoms with E-state index in [0.29, 0.717) is 19.4 Å². The van der Waals surface area contributed by atoms with Crippen LogP contribution in [-0.2, 0) is 19.1 Å². The molecule has 0 radical (unpaired) electrons. The molecular weight excluding hydrogens is 220 g/mol. The zero-order chi connectivity index (χ0) is 12.5. The molecule has 17 heavy (non-hydrogen) atoms. The Morgan fingerprint density at radius 3 is 3.00 bits per heavy atom. The van der Waals surface area contributed by atoms with Crippen molar-refractivity contribution in [1.82, 2.24) is 0 Å². The topological polar surface area (TPSA) is 52.6 Å². The Morgan fingerprint density at radius 1 is 1.59 bits per heavy atom. The van der Waals surface area contributed by atoms with Crippen molar-refractivity contribution >= 4 is 11.9 Å². The van der Waals surface area contributed by atoms with Crippen molar-refractivity contribution in [2.45, 2.75) is 44.6 Å². The molecule has 2 aliphatic rings. The van der Waals surface area contributed by atoms with E-state index in [-0.39, 0.29) is 18.4 Å². The summed E-state index contributed by atoms with van der Waals surface area (Å²) in [5.74, 6) is -0.579. The minimum Gasteiger partial charge on any atom is -0.465 e. The number of carbonyl (C=O) groups excluding carboxylic acids is 2. The average molecular weight is 238 g/mol. The Hall–Kier alpha value is -1.32. The number of fused-ring (bicyclic) bond motifs is 1. The molecule has 1 aliphatic carbocycles. The van der Waals surface area contributed by atoms with Crippen LogP contribution in [0.25, 0.3) is 0 Å². The Bertz CT molecular complexity index is 362. The quantitative estimate of drug-likeness (QED) is 0.555. The maximum atomic E-state index is 12.2. The molecule has 0 N–H and O–H groups in total. The number of hydrogen-bond acceptors (Lipinski definition) is 4. The molecule has 0 bridgehead atoms. The van der Waals surface area contributed by atoms with Gasteiger partial charge in [0.15, 0.2) is 0 Å². The third kappa shape index (κ3) is 1.58. The van der Waals surface area contributed by atoms with Gasteiger partial charge in [0.2, 0.25) is 0 Å². The van der Waals surface area contributed by atoms with E-state index in [0.717, 1.165) is 12.8 Å². The fraction of sp³-hybridized carbons (Fsp3) is 0.692. The van der Waals surface area contributed by atoms with Gasteiger partial charge in [0.25, 0.3) is 0 Å². The third-order valence-electron chi connectivity index (χ3n) is 3.95. The molecule has 1 saturated heterocycles. The number of hydrogen-bond donors (Lipinski definition) is 0. The van der Waals surface area contributed by atoms with Crippen LogP contribution in [-0.4, -0.2) is 24.1 Å². The van der Waals surface area contributed by atoms with Gasteiger partial charge < -0.3 is 9.47 Å². The predicted molar refractivity (Wildman–Crippen MR) is 61.2 cm³/mol. The standard InChI is InChI=1S/C13H18O4/c1-3-6-13-8-5-7-12(13,9-10(14)17-13)11(15)16-4-2/h3H,1,4-9H2,2H3/t12-,13-/m1/s1. The van der Waals surface area contributed by atoms with Crippen LogP contribution in [0.5, 0.6) is 0 Å². The van der Waals surface area contributed by atoms with Gasteiger partial charge in [-0.2, -0.15) is 0 Å². The number of carbonyl (C=O) groups is 2. The lowest BCUT2D eigenvalue weighted by Crippen LogP contribution is -2.46. The van der Waals surface area contributed by atoms with Gasteiger partial charge in [0.1, 0.15) is 11.0 Å². The molecular formula is C13H18O4. The third-order valence-corrected chi connectivity index (χ3v) is 3.95. The molecule has 1 aliphatic heterocycles. The van der Waals surface area contributed by atoms with Gasteiger partial charge >= 0.3 is 11.9 Å². The average Bonchev–Trinajstić information content (AvgIpc) is 2.70. The van der Waals surface area contributed by atoms with Crippen molar-refractivity contribution in [3.05, 3.63) is 12.7 Å². The van der Waals surface area contributed by atoms with Crippen molar-refractivity contribution in [1.29, 1.82) is 0 Å². The van der Waals surface area contributed by atoms with Crippen LogP contribution in [0.2, 0.25) is 0 Å². The molecule has 0 spiro atoms. The SMILES string of the molecule is C=CC[C@@]12CCC[C@]1(C(=O)OCC)CC(=O)O2. The summed E-state index contributed by atoms with van der Waals surface area (Å²) >= 11 is 0. The first-order valence-corrected chi connectivity index (χ1v) is 6.10. The maximum absolute atomic E-state index is 12.2. The summed E-state index contributed by atoms with van der Waals surface area (Å²) in [6, 6.07) is 0. The van der Waals surface area contributed by atoms with E-state index in [1.807, 2.05) is 0 Å². The number of esters is 2. The lowest BCUT2D eigenvalue weighted by atomic mass is 9.72. The summed E-state index contributed by atoms with van der Waals surface area (Å²) in [5, 5.41) is 0. The van der Waals surface area contributed by atoms with Crippen LogP contribution in [0, 0.1) is 5.41 Å². The molecule has 4 heteroatoms. The van der Waals surface area contributed by atoms with Gasteiger partial charge in [0.05, 0.1) is 13.0 Å². The Labute approximate surface area is 101 Å². The van der Waals surface area contributed by atoms with Gasteiger partial charge in [-0.05, 0) is 26.2 Å². The Kier molecular flexibility index (Phi) is 2.98. The van der Waals surface area contributed by atoms with Crippen molar-refractivity contribution in [2.24, 2.45) is 5.41 Å². The minimum absolute atomic E-state index is 0.152. The second kappa shape index (κ2) is 4.17. The van der Waals surface area contributed by atoms with E-state index in [2.05, 4.69) is 6.58 Å². The molecule has 2 fully saturated rings. The van der Waals surface area contributed by atoms with Crippen molar-refractivity contribution in [3.63, 3.8) is 0 Å². The minimum atomic E-state index is -0.770. The van der Waals surface area contributed by atoms with Crippen molar-refractivity contribution < 1.29 is 19.1 Å². The molecule has 0 aromatic carbocycles.